The Balaban J connectivity index is 2.51. The fourth-order valence-electron chi connectivity index (χ4n) is 1.91. The van der Waals surface area contributed by atoms with Gasteiger partial charge in [-0.1, -0.05) is 38.3 Å². The molecule has 0 aromatic carbocycles. The topological polar surface area (TPSA) is 56.7 Å². The lowest BCUT2D eigenvalue weighted by Gasteiger charge is -2.16. The Labute approximate surface area is 136 Å². The number of rotatable bonds is 8. The lowest BCUT2D eigenvalue weighted by Crippen LogP contribution is -2.39. The highest BCUT2D eigenvalue weighted by molar-refractivity contribution is 7.16. The van der Waals surface area contributed by atoms with Gasteiger partial charge in [-0.05, 0) is 25.0 Å². The Morgan fingerprint density at radius 1 is 1.29 bits per heavy atom. The molecule has 1 aromatic rings. The van der Waals surface area contributed by atoms with Crippen LogP contribution in [-0.4, -0.2) is 30.7 Å². The number of aliphatic hydroxyl groups excluding tert-OH is 1. The molecule has 6 heteroatoms. The van der Waals surface area contributed by atoms with Gasteiger partial charge in [0.1, 0.15) is 6.10 Å². The highest BCUT2D eigenvalue weighted by Crippen LogP contribution is 2.26. The molecule has 0 saturated carbocycles. The summed E-state index contributed by atoms with van der Waals surface area (Å²) in [7, 11) is 0. The number of thiophene rings is 1. The van der Waals surface area contributed by atoms with Crippen LogP contribution in [0.5, 0.6) is 0 Å². The second kappa shape index (κ2) is 10.0. The smallest absolute Gasteiger partial charge is 0.191 e. The number of hydrogen-bond acceptors (Lipinski definition) is 3. The van der Waals surface area contributed by atoms with Gasteiger partial charge in [0.05, 0.1) is 4.34 Å². The van der Waals surface area contributed by atoms with E-state index in [-0.39, 0.29) is 0 Å². The van der Waals surface area contributed by atoms with Gasteiger partial charge >= 0.3 is 0 Å². The van der Waals surface area contributed by atoms with Crippen molar-refractivity contribution in [2.24, 2.45) is 10.9 Å². The Morgan fingerprint density at radius 2 is 2.00 bits per heavy atom. The number of aliphatic imine (C=N–C) groups is 1. The van der Waals surface area contributed by atoms with Crippen LogP contribution in [0, 0.1) is 5.92 Å². The van der Waals surface area contributed by atoms with E-state index in [0.717, 1.165) is 36.8 Å². The third-order valence-corrected chi connectivity index (χ3v) is 4.72. The van der Waals surface area contributed by atoms with Crippen molar-refractivity contribution >= 4 is 28.9 Å². The highest BCUT2D eigenvalue weighted by Gasteiger charge is 2.11. The number of aliphatic hydroxyl groups is 1. The van der Waals surface area contributed by atoms with Crippen LogP contribution in [0.25, 0.3) is 0 Å². The zero-order chi connectivity index (χ0) is 15.7. The van der Waals surface area contributed by atoms with Crippen LogP contribution in [-0.2, 0) is 0 Å². The van der Waals surface area contributed by atoms with E-state index in [1.807, 2.05) is 13.0 Å². The molecule has 0 spiro atoms. The largest absolute Gasteiger partial charge is 0.386 e. The van der Waals surface area contributed by atoms with Crippen LogP contribution in [0.15, 0.2) is 17.1 Å². The minimum absolute atomic E-state index is 0.422. The lowest BCUT2D eigenvalue weighted by atomic mass is 10.0. The van der Waals surface area contributed by atoms with Crippen LogP contribution in [0.3, 0.4) is 0 Å². The molecule has 0 aliphatic carbocycles. The summed E-state index contributed by atoms with van der Waals surface area (Å²) in [5, 5.41) is 16.5. The van der Waals surface area contributed by atoms with Crippen molar-refractivity contribution in [3.8, 4) is 0 Å². The molecule has 0 amide bonds. The number of nitrogens with zero attached hydrogens (tertiary/aromatic N) is 1. The summed E-state index contributed by atoms with van der Waals surface area (Å²) < 4.78 is 0.693. The average Bonchev–Trinajstić information content (AvgIpc) is 2.92. The summed E-state index contributed by atoms with van der Waals surface area (Å²) in [6.45, 7) is 8.44. The van der Waals surface area contributed by atoms with Crippen molar-refractivity contribution in [2.45, 2.75) is 39.7 Å². The van der Waals surface area contributed by atoms with Gasteiger partial charge in [0.2, 0.25) is 0 Å². The fourth-order valence-corrected chi connectivity index (χ4v) is 2.96. The average molecular weight is 332 g/mol. The normalized spacial score (nSPS) is 13.5. The minimum atomic E-state index is -0.570. The van der Waals surface area contributed by atoms with Gasteiger partial charge in [-0.25, -0.2) is 0 Å². The quantitative estimate of drug-likeness (QED) is 0.505. The summed E-state index contributed by atoms with van der Waals surface area (Å²) in [5.74, 6) is 1.37. The third kappa shape index (κ3) is 6.68. The maximum absolute atomic E-state index is 10.1. The first-order chi connectivity index (χ1) is 10.1. The first-order valence-electron chi connectivity index (χ1n) is 7.56. The van der Waals surface area contributed by atoms with Crippen LogP contribution >= 0.6 is 22.9 Å². The zero-order valence-corrected chi connectivity index (χ0v) is 14.6. The van der Waals surface area contributed by atoms with E-state index in [4.69, 9.17) is 11.6 Å². The third-order valence-electron chi connectivity index (χ3n) is 3.39. The first-order valence-corrected chi connectivity index (χ1v) is 8.75. The highest BCUT2D eigenvalue weighted by atomic mass is 35.5. The molecular weight excluding hydrogens is 306 g/mol. The zero-order valence-electron chi connectivity index (χ0n) is 13.0. The number of nitrogens with one attached hydrogen (secondary N) is 2. The summed E-state index contributed by atoms with van der Waals surface area (Å²) in [6, 6.07) is 3.66. The minimum Gasteiger partial charge on any atom is -0.386 e. The maximum Gasteiger partial charge on any atom is 0.191 e. The van der Waals surface area contributed by atoms with E-state index >= 15 is 0 Å². The number of halogens is 1. The van der Waals surface area contributed by atoms with Crippen LogP contribution in [0.2, 0.25) is 4.34 Å². The number of hydrogen-bond donors (Lipinski definition) is 3. The first kappa shape index (κ1) is 18.3. The molecule has 1 rings (SSSR count). The molecule has 0 bridgehead atoms. The lowest BCUT2D eigenvalue weighted by molar-refractivity contribution is 0.184. The second-order valence-corrected chi connectivity index (χ2v) is 6.69. The van der Waals surface area contributed by atoms with Crippen LogP contribution < -0.4 is 10.6 Å². The molecule has 0 fully saturated rings. The molecule has 4 nitrogen and oxygen atoms in total. The maximum atomic E-state index is 10.1. The Hall–Kier alpha value is -0.780. The molecule has 1 atom stereocenters. The van der Waals surface area contributed by atoms with Gasteiger partial charge in [0.15, 0.2) is 5.96 Å². The van der Waals surface area contributed by atoms with Crippen molar-refractivity contribution in [2.75, 3.05) is 19.6 Å². The van der Waals surface area contributed by atoms with Gasteiger partial charge in [0, 0.05) is 24.5 Å². The molecule has 1 aromatic heterocycles. The summed E-state index contributed by atoms with van der Waals surface area (Å²) in [4.78, 5) is 5.45. The molecule has 0 saturated heterocycles. The second-order valence-electron chi connectivity index (χ2n) is 4.94. The monoisotopic (exact) mass is 331 g/mol. The molecule has 1 heterocycles. The van der Waals surface area contributed by atoms with Crippen molar-refractivity contribution in [3.05, 3.63) is 21.3 Å². The summed E-state index contributed by atoms with van der Waals surface area (Å²) >= 11 is 7.29. The van der Waals surface area contributed by atoms with E-state index in [9.17, 15) is 5.11 Å². The summed E-state index contributed by atoms with van der Waals surface area (Å²) in [6.07, 6.45) is 1.70. The van der Waals surface area contributed by atoms with E-state index in [1.54, 1.807) is 6.07 Å². The molecule has 3 N–H and O–H groups in total. The predicted octanol–water partition coefficient (Wildman–Crippen LogP) is 3.43. The number of guanidine groups is 1. The molecule has 0 aliphatic heterocycles. The molecule has 0 radical (unpaired) electrons. The van der Waals surface area contributed by atoms with E-state index in [0.29, 0.717) is 16.8 Å². The fraction of sp³-hybridized carbons (Fsp3) is 0.667. The van der Waals surface area contributed by atoms with Crippen molar-refractivity contribution in [3.63, 3.8) is 0 Å². The van der Waals surface area contributed by atoms with Gasteiger partial charge in [0.25, 0.3) is 0 Å². The van der Waals surface area contributed by atoms with E-state index < -0.39 is 6.10 Å². The Kier molecular flexibility index (Phi) is 8.73. The van der Waals surface area contributed by atoms with Crippen molar-refractivity contribution < 1.29 is 5.11 Å². The molecule has 120 valence electrons. The van der Waals surface area contributed by atoms with Crippen molar-refractivity contribution in [1.82, 2.24) is 10.6 Å². The molecule has 0 aliphatic rings. The van der Waals surface area contributed by atoms with Crippen molar-refractivity contribution in [1.29, 1.82) is 0 Å². The van der Waals surface area contributed by atoms with E-state index in [1.165, 1.54) is 11.3 Å². The Morgan fingerprint density at radius 3 is 2.52 bits per heavy atom. The predicted molar refractivity (Wildman–Crippen MR) is 92.3 cm³/mol. The van der Waals surface area contributed by atoms with Gasteiger partial charge in [-0.15, -0.1) is 11.3 Å². The van der Waals surface area contributed by atoms with Crippen LogP contribution in [0.4, 0.5) is 0 Å². The van der Waals surface area contributed by atoms with E-state index in [2.05, 4.69) is 29.5 Å². The van der Waals surface area contributed by atoms with Crippen LogP contribution in [0.1, 0.15) is 44.6 Å². The molecule has 21 heavy (non-hydrogen) atoms. The SMILES string of the molecule is CCNC(=NCC(CC)CC)NCC(O)c1ccc(Cl)s1. The molecule has 1 unspecified atom stereocenters. The molecular formula is C15H26ClN3OS. The standard InChI is InChI=1S/C15H26ClN3OS/c1-4-11(5-2)9-18-15(17-6-3)19-10-12(20)13-7-8-14(16)21-13/h7-8,11-12,20H,4-6,9-10H2,1-3H3,(H2,17,18,19). The summed E-state index contributed by atoms with van der Waals surface area (Å²) in [5.41, 5.74) is 0. The van der Waals surface area contributed by atoms with Gasteiger partial charge in [-0.2, -0.15) is 0 Å². The van der Waals surface area contributed by atoms with Gasteiger partial charge < -0.3 is 15.7 Å². The Bertz CT molecular complexity index is 432. The van der Waals surface area contributed by atoms with Gasteiger partial charge in [-0.3, -0.25) is 4.99 Å².